The fourth-order valence-electron chi connectivity index (χ4n) is 6.15. The molecule has 0 spiro atoms. The molecular formula is C36H34Cl2N4O6. The monoisotopic (exact) mass is 688 g/mol. The van der Waals surface area contributed by atoms with Crippen LogP contribution in [0.2, 0.25) is 10.0 Å². The van der Waals surface area contributed by atoms with E-state index >= 15 is 0 Å². The smallest absolute Gasteiger partial charge is 0.414 e. The first kappa shape index (κ1) is 32.0. The summed E-state index contributed by atoms with van der Waals surface area (Å²) in [6, 6.07) is 16.4. The van der Waals surface area contributed by atoms with Crippen LogP contribution in [0.15, 0.2) is 67.0 Å². The summed E-state index contributed by atoms with van der Waals surface area (Å²) >= 11 is 12.7. The van der Waals surface area contributed by atoms with Gasteiger partial charge in [-0.25, -0.2) is 4.79 Å². The van der Waals surface area contributed by atoms with E-state index in [0.29, 0.717) is 46.3 Å². The Balaban J connectivity index is 1.01. The van der Waals surface area contributed by atoms with E-state index in [9.17, 15) is 14.4 Å². The molecule has 2 heterocycles. The van der Waals surface area contributed by atoms with Crippen molar-refractivity contribution in [2.24, 2.45) is 11.8 Å². The normalized spacial score (nSPS) is 17.6. The van der Waals surface area contributed by atoms with E-state index in [1.165, 1.54) is 0 Å². The number of esters is 1. The largest absolute Gasteiger partial charge is 0.490 e. The number of halogens is 2. The van der Waals surface area contributed by atoms with Gasteiger partial charge in [0.15, 0.2) is 6.73 Å². The summed E-state index contributed by atoms with van der Waals surface area (Å²) in [6.45, 7) is 2.98. The number of nitrogens with zero attached hydrogens (tertiary/aromatic N) is 3. The topological polar surface area (TPSA) is 112 Å². The molecule has 7 rings (SSSR count). The molecule has 2 amide bonds. The highest BCUT2D eigenvalue weighted by molar-refractivity contribution is 6.31. The molecule has 1 N–H and O–H groups in total. The molecule has 1 aromatic heterocycles. The zero-order valence-electron chi connectivity index (χ0n) is 26.3. The van der Waals surface area contributed by atoms with Crippen molar-refractivity contribution in [2.45, 2.75) is 38.6 Å². The van der Waals surface area contributed by atoms with E-state index in [4.69, 9.17) is 37.4 Å². The lowest BCUT2D eigenvalue weighted by atomic mass is 9.93. The van der Waals surface area contributed by atoms with Gasteiger partial charge in [0, 0.05) is 39.5 Å². The van der Waals surface area contributed by atoms with Crippen molar-refractivity contribution in [3.8, 4) is 16.9 Å². The third-order valence-electron chi connectivity index (χ3n) is 9.03. The molecule has 2 aliphatic carbocycles. The van der Waals surface area contributed by atoms with Gasteiger partial charge >= 0.3 is 12.1 Å². The minimum atomic E-state index is -0.402. The van der Waals surface area contributed by atoms with Crippen molar-refractivity contribution in [1.82, 2.24) is 15.1 Å². The van der Waals surface area contributed by atoms with Crippen LogP contribution in [0, 0.1) is 18.8 Å². The quantitative estimate of drug-likeness (QED) is 0.103. The van der Waals surface area contributed by atoms with E-state index in [2.05, 4.69) is 16.5 Å². The molecule has 4 aromatic rings. The lowest BCUT2D eigenvalue weighted by molar-refractivity contribution is -0.145. The lowest BCUT2D eigenvalue weighted by Crippen LogP contribution is -2.37. The van der Waals surface area contributed by atoms with Crippen molar-refractivity contribution >= 4 is 46.9 Å². The van der Waals surface area contributed by atoms with Crippen LogP contribution < -0.4 is 15.0 Å². The van der Waals surface area contributed by atoms with Crippen molar-refractivity contribution in [3.63, 3.8) is 0 Å². The maximum atomic E-state index is 13.3. The van der Waals surface area contributed by atoms with Crippen LogP contribution in [0.5, 0.6) is 5.75 Å². The number of fused-ring (bicyclic) bond motifs is 3. The van der Waals surface area contributed by atoms with E-state index in [0.717, 1.165) is 52.8 Å². The summed E-state index contributed by atoms with van der Waals surface area (Å²) in [7, 11) is 0. The van der Waals surface area contributed by atoms with Crippen LogP contribution in [0.1, 0.15) is 52.2 Å². The third kappa shape index (κ3) is 6.86. The molecule has 0 saturated heterocycles. The molecule has 48 heavy (non-hydrogen) atoms. The predicted octanol–water partition coefficient (Wildman–Crippen LogP) is 6.99. The molecule has 0 unspecified atom stereocenters. The predicted molar refractivity (Wildman–Crippen MR) is 181 cm³/mol. The molecule has 2 atom stereocenters. The van der Waals surface area contributed by atoms with Crippen molar-refractivity contribution < 1.29 is 28.6 Å². The van der Waals surface area contributed by atoms with Gasteiger partial charge in [-0.15, -0.1) is 0 Å². The first-order valence-electron chi connectivity index (χ1n) is 16.0. The number of rotatable bonds is 11. The molecule has 3 aromatic carbocycles. The maximum Gasteiger partial charge on any atom is 0.414 e. The Morgan fingerprint density at radius 1 is 1.00 bits per heavy atom. The second-order valence-corrected chi connectivity index (χ2v) is 13.2. The van der Waals surface area contributed by atoms with Gasteiger partial charge in [0.25, 0.3) is 5.91 Å². The maximum absolute atomic E-state index is 13.3. The van der Waals surface area contributed by atoms with Gasteiger partial charge in [0.2, 0.25) is 0 Å². The average Bonchev–Trinajstić information content (AvgIpc) is 4.02. The van der Waals surface area contributed by atoms with Crippen molar-refractivity contribution in [2.75, 3.05) is 31.4 Å². The molecule has 3 aliphatic rings. The highest BCUT2D eigenvalue weighted by Crippen LogP contribution is 2.57. The Morgan fingerprint density at radius 3 is 2.67 bits per heavy atom. The number of amides is 2. The van der Waals surface area contributed by atoms with E-state index in [1.807, 2.05) is 37.4 Å². The van der Waals surface area contributed by atoms with E-state index < -0.39 is 6.09 Å². The number of carbonyl (C=O) groups is 3. The SMILES string of the molecule is Cc1c(Cl)cccc1OCCOC(=O)N1C[C@@H]2C[C@@H]2c2c(-c3cnn(Cc4cc(C(=O)NCOC(=O)C5CC5)ccc4Cl)c3)cccc21. The van der Waals surface area contributed by atoms with Crippen LogP contribution in [0.25, 0.3) is 11.1 Å². The summed E-state index contributed by atoms with van der Waals surface area (Å²) in [5, 5.41) is 8.35. The van der Waals surface area contributed by atoms with Gasteiger partial charge in [-0.1, -0.05) is 41.4 Å². The molecule has 248 valence electrons. The lowest BCUT2D eigenvalue weighted by Gasteiger charge is -2.29. The van der Waals surface area contributed by atoms with Crippen LogP contribution in [0.3, 0.4) is 0 Å². The van der Waals surface area contributed by atoms with Gasteiger partial charge in [-0.2, -0.15) is 5.10 Å². The fraction of sp³-hybridized carbons (Fsp3) is 0.333. The minimum Gasteiger partial charge on any atom is -0.490 e. The van der Waals surface area contributed by atoms with Gasteiger partial charge < -0.3 is 19.5 Å². The Kier molecular flexibility index (Phi) is 9.02. The second-order valence-electron chi connectivity index (χ2n) is 12.4. The number of benzene rings is 3. The summed E-state index contributed by atoms with van der Waals surface area (Å²) in [6.07, 6.45) is 6.03. The number of anilines is 1. The minimum absolute atomic E-state index is 0.0351. The number of nitrogens with one attached hydrogen (secondary N) is 1. The molecule has 12 heteroatoms. The molecule has 0 bridgehead atoms. The van der Waals surface area contributed by atoms with Crippen molar-refractivity contribution in [1.29, 1.82) is 0 Å². The van der Waals surface area contributed by atoms with Gasteiger partial charge in [-0.05, 0) is 91.1 Å². The molecular weight excluding hydrogens is 655 g/mol. The summed E-state index contributed by atoms with van der Waals surface area (Å²) in [5.41, 5.74) is 5.86. The Labute approximate surface area is 287 Å². The van der Waals surface area contributed by atoms with Gasteiger partial charge in [0.05, 0.1) is 24.3 Å². The Hall–Kier alpha value is -4.54. The fourth-order valence-corrected chi connectivity index (χ4v) is 6.50. The van der Waals surface area contributed by atoms with Crippen LogP contribution >= 0.6 is 23.2 Å². The highest BCUT2D eigenvalue weighted by Gasteiger charge is 2.48. The first-order chi connectivity index (χ1) is 23.3. The highest BCUT2D eigenvalue weighted by atomic mass is 35.5. The number of carbonyl (C=O) groups excluding carboxylic acids is 3. The van der Waals surface area contributed by atoms with Gasteiger partial charge in [0.1, 0.15) is 19.0 Å². The van der Waals surface area contributed by atoms with E-state index in [1.54, 1.807) is 40.0 Å². The Morgan fingerprint density at radius 2 is 1.83 bits per heavy atom. The van der Waals surface area contributed by atoms with E-state index in [-0.39, 0.29) is 37.7 Å². The zero-order chi connectivity index (χ0) is 33.4. The average molecular weight is 690 g/mol. The molecule has 1 aliphatic heterocycles. The number of hydrogen-bond donors (Lipinski definition) is 1. The van der Waals surface area contributed by atoms with Crippen molar-refractivity contribution in [3.05, 3.63) is 99.3 Å². The summed E-state index contributed by atoms with van der Waals surface area (Å²) < 4.78 is 18.3. The molecule has 10 nitrogen and oxygen atoms in total. The number of hydrogen-bond acceptors (Lipinski definition) is 7. The second kappa shape index (κ2) is 13.5. The zero-order valence-corrected chi connectivity index (χ0v) is 27.8. The first-order valence-corrected chi connectivity index (χ1v) is 16.7. The number of ether oxygens (including phenoxy) is 3. The standard InChI is InChI=1S/C36H34Cl2N4O6/c1-21-29(37)5-3-7-32(21)46-12-13-47-36(45)42-19-24-15-28(24)33-27(4-2-6-31(33)42)26-16-40-41(18-26)17-25-14-23(10-11-30(25)38)34(43)39-20-48-35(44)22-8-9-22/h2-7,10-11,14,16,18,22,24,28H,8-9,12-13,15,17,19-20H2,1H3,(H,39,43)/t24-,28-/m0/s1. The van der Waals surface area contributed by atoms with Gasteiger partial charge in [-0.3, -0.25) is 19.2 Å². The summed E-state index contributed by atoms with van der Waals surface area (Å²) in [5.74, 6) is 0.725. The molecule has 0 radical (unpaired) electrons. The Bertz CT molecular complexity index is 1890. The van der Waals surface area contributed by atoms with Crippen LogP contribution in [-0.2, 0) is 20.8 Å². The van der Waals surface area contributed by atoms with Crippen LogP contribution in [0.4, 0.5) is 10.5 Å². The third-order valence-corrected chi connectivity index (χ3v) is 9.81. The number of aromatic nitrogens is 2. The molecule has 2 saturated carbocycles. The molecule has 2 fully saturated rings. The summed E-state index contributed by atoms with van der Waals surface area (Å²) in [4.78, 5) is 39.5. The van der Waals surface area contributed by atoms with Crippen LogP contribution in [-0.4, -0.2) is 54.2 Å².